The fourth-order valence-corrected chi connectivity index (χ4v) is 2.46. The van der Waals surface area contributed by atoms with Gasteiger partial charge in [-0.25, -0.2) is 0 Å². The number of rotatable bonds is 4. The zero-order valence-electron chi connectivity index (χ0n) is 12.8. The summed E-state index contributed by atoms with van der Waals surface area (Å²) in [6, 6.07) is 15.4. The molecule has 110 valence electrons. The molecule has 2 aromatic rings. The van der Waals surface area contributed by atoms with Crippen LogP contribution in [0.3, 0.4) is 0 Å². The molecule has 0 heterocycles. The molecule has 1 amide bonds. The standard InChI is InChI=1S/C18H22N2O/c1-12(2)17(14-7-5-4-6-8-14)20-18(21)15-9-13(3)10-16(19)11-15/h4-12,17H,19H2,1-3H3,(H,20,21). The molecule has 3 N–H and O–H groups in total. The van der Waals surface area contributed by atoms with E-state index in [0.717, 1.165) is 11.1 Å². The van der Waals surface area contributed by atoms with Crippen molar-refractivity contribution in [1.29, 1.82) is 0 Å². The highest BCUT2D eigenvalue weighted by molar-refractivity contribution is 5.95. The molecule has 2 rings (SSSR count). The molecule has 0 aromatic heterocycles. The Bertz CT molecular complexity index is 600. The lowest BCUT2D eigenvalue weighted by atomic mass is 9.95. The summed E-state index contributed by atoms with van der Waals surface area (Å²) in [4.78, 5) is 12.5. The van der Waals surface area contributed by atoms with Gasteiger partial charge in [-0.3, -0.25) is 4.79 Å². The first-order chi connectivity index (χ1) is 9.97. The highest BCUT2D eigenvalue weighted by Gasteiger charge is 2.19. The van der Waals surface area contributed by atoms with E-state index in [0.29, 0.717) is 17.2 Å². The molecule has 0 fully saturated rings. The highest BCUT2D eigenvalue weighted by atomic mass is 16.1. The van der Waals surface area contributed by atoms with Gasteiger partial charge in [-0.05, 0) is 42.2 Å². The van der Waals surface area contributed by atoms with Gasteiger partial charge in [0.05, 0.1) is 6.04 Å². The van der Waals surface area contributed by atoms with Gasteiger partial charge in [-0.2, -0.15) is 0 Å². The van der Waals surface area contributed by atoms with Crippen LogP contribution < -0.4 is 11.1 Å². The number of carbonyl (C=O) groups is 1. The lowest BCUT2D eigenvalue weighted by molar-refractivity contribution is 0.0925. The fraction of sp³-hybridized carbons (Fsp3) is 0.278. The van der Waals surface area contributed by atoms with Crippen molar-refractivity contribution in [2.24, 2.45) is 5.92 Å². The lowest BCUT2D eigenvalue weighted by Crippen LogP contribution is -2.31. The van der Waals surface area contributed by atoms with E-state index in [2.05, 4.69) is 19.2 Å². The van der Waals surface area contributed by atoms with E-state index in [1.165, 1.54) is 0 Å². The van der Waals surface area contributed by atoms with Gasteiger partial charge in [0.15, 0.2) is 0 Å². The van der Waals surface area contributed by atoms with E-state index < -0.39 is 0 Å². The molecule has 1 atom stereocenters. The molecule has 0 radical (unpaired) electrons. The molecule has 3 nitrogen and oxygen atoms in total. The second kappa shape index (κ2) is 6.44. The van der Waals surface area contributed by atoms with Gasteiger partial charge >= 0.3 is 0 Å². The minimum Gasteiger partial charge on any atom is -0.399 e. The van der Waals surface area contributed by atoms with Crippen LogP contribution in [-0.2, 0) is 0 Å². The Hall–Kier alpha value is -2.29. The van der Waals surface area contributed by atoms with Gasteiger partial charge in [-0.15, -0.1) is 0 Å². The minimum absolute atomic E-state index is 0.0135. The molecule has 0 aliphatic heterocycles. The second-order valence-electron chi connectivity index (χ2n) is 5.74. The number of benzene rings is 2. The SMILES string of the molecule is Cc1cc(N)cc(C(=O)NC(c2ccccc2)C(C)C)c1. The summed E-state index contributed by atoms with van der Waals surface area (Å²) in [5.41, 5.74) is 9.14. The largest absolute Gasteiger partial charge is 0.399 e. The third kappa shape index (κ3) is 3.85. The maximum absolute atomic E-state index is 12.5. The predicted octanol–water partition coefficient (Wildman–Crippen LogP) is 3.70. The Morgan fingerprint density at radius 3 is 2.33 bits per heavy atom. The van der Waals surface area contributed by atoms with Crippen molar-refractivity contribution >= 4 is 11.6 Å². The molecule has 0 saturated carbocycles. The molecule has 0 aliphatic rings. The lowest BCUT2D eigenvalue weighted by Gasteiger charge is -2.23. The van der Waals surface area contributed by atoms with Crippen LogP contribution in [0, 0.1) is 12.8 Å². The topological polar surface area (TPSA) is 55.1 Å². The van der Waals surface area contributed by atoms with E-state index >= 15 is 0 Å². The first-order valence-corrected chi connectivity index (χ1v) is 7.20. The predicted molar refractivity (Wildman–Crippen MR) is 87.1 cm³/mol. The molecule has 1 unspecified atom stereocenters. The number of nitrogens with one attached hydrogen (secondary N) is 1. The minimum atomic E-state index is -0.0899. The zero-order chi connectivity index (χ0) is 15.4. The summed E-state index contributed by atoms with van der Waals surface area (Å²) in [5.74, 6) is 0.214. The van der Waals surface area contributed by atoms with Crippen molar-refractivity contribution in [3.63, 3.8) is 0 Å². The number of amides is 1. The molecule has 21 heavy (non-hydrogen) atoms. The highest BCUT2D eigenvalue weighted by Crippen LogP contribution is 2.22. The number of hydrogen-bond acceptors (Lipinski definition) is 2. The summed E-state index contributed by atoms with van der Waals surface area (Å²) in [6.45, 7) is 6.13. The van der Waals surface area contributed by atoms with E-state index in [4.69, 9.17) is 5.73 Å². The third-order valence-corrected chi connectivity index (χ3v) is 3.47. The van der Waals surface area contributed by atoms with Crippen LogP contribution in [-0.4, -0.2) is 5.91 Å². The first-order valence-electron chi connectivity index (χ1n) is 7.20. The molecule has 0 bridgehead atoms. The average Bonchev–Trinajstić information content (AvgIpc) is 2.44. The van der Waals surface area contributed by atoms with Crippen LogP contribution in [0.15, 0.2) is 48.5 Å². The van der Waals surface area contributed by atoms with Crippen molar-refractivity contribution < 1.29 is 4.79 Å². The zero-order valence-corrected chi connectivity index (χ0v) is 12.8. The van der Waals surface area contributed by atoms with Crippen molar-refractivity contribution in [3.05, 3.63) is 65.2 Å². The number of nitrogens with two attached hydrogens (primary N) is 1. The Balaban J connectivity index is 2.23. The molecular weight excluding hydrogens is 260 g/mol. The Morgan fingerprint density at radius 2 is 1.76 bits per heavy atom. The van der Waals surface area contributed by atoms with Gasteiger partial charge in [-0.1, -0.05) is 44.2 Å². The number of aryl methyl sites for hydroxylation is 1. The van der Waals surface area contributed by atoms with Crippen molar-refractivity contribution in [2.45, 2.75) is 26.8 Å². The van der Waals surface area contributed by atoms with Crippen molar-refractivity contribution in [2.75, 3.05) is 5.73 Å². The van der Waals surface area contributed by atoms with Crippen LogP contribution >= 0.6 is 0 Å². The van der Waals surface area contributed by atoms with Gasteiger partial charge in [0.1, 0.15) is 0 Å². The smallest absolute Gasteiger partial charge is 0.251 e. The third-order valence-electron chi connectivity index (χ3n) is 3.47. The second-order valence-corrected chi connectivity index (χ2v) is 5.74. The van der Waals surface area contributed by atoms with Crippen LogP contribution in [0.4, 0.5) is 5.69 Å². The summed E-state index contributed by atoms with van der Waals surface area (Å²) >= 11 is 0. The van der Waals surface area contributed by atoms with E-state index in [1.807, 2.05) is 49.4 Å². The molecule has 0 spiro atoms. The van der Waals surface area contributed by atoms with Crippen LogP contribution in [0.1, 0.15) is 41.4 Å². The van der Waals surface area contributed by atoms with Crippen LogP contribution in [0.5, 0.6) is 0 Å². The molecule has 0 aliphatic carbocycles. The molecule has 0 saturated heterocycles. The first kappa shape index (κ1) is 15.1. The maximum atomic E-state index is 12.5. The van der Waals surface area contributed by atoms with Gasteiger partial charge in [0, 0.05) is 11.3 Å². The van der Waals surface area contributed by atoms with Gasteiger partial charge in [0.2, 0.25) is 0 Å². The van der Waals surface area contributed by atoms with Gasteiger partial charge < -0.3 is 11.1 Å². The average molecular weight is 282 g/mol. The molecule has 2 aromatic carbocycles. The number of hydrogen-bond donors (Lipinski definition) is 2. The van der Waals surface area contributed by atoms with Gasteiger partial charge in [0.25, 0.3) is 5.91 Å². The van der Waals surface area contributed by atoms with E-state index in [1.54, 1.807) is 6.07 Å². The maximum Gasteiger partial charge on any atom is 0.251 e. The Morgan fingerprint density at radius 1 is 1.10 bits per heavy atom. The number of nitrogen functional groups attached to an aromatic ring is 1. The monoisotopic (exact) mass is 282 g/mol. The summed E-state index contributed by atoms with van der Waals surface area (Å²) in [7, 11) is 0. The Labute approximate surface area is 126 Å². The number of carbonyl (C=O) groups excluding carboxylic acids is 1. The molecule has 3 heteroatoms. The van der Waals surface area contributed by atoms with Crippen LogP contribution in [0.2, 0.25) is 0 Å². The summed E-state index contributed by atoms with van der Waals surface area (Å²) in [5, 5.41) is 3.11. The Kier molecular flexibility index (Phi) is 4.63. The molecular formula is C18H22N2O. The normalized spacial score (nSPS) is 12.2. The summed E-state index contributed by atoms with van der Waals surface area (Å²) < 4.78 is 0. The van der Waals surface area contributed by atoms with Crippen LogP contribution in [0.25, 0.3) is 0 Å². The fourth-order valence-electron chi connectivity index (χ4n) is 2.46. The summed E-state index contributed by atoms with van der Waals surface area (Å²) in [6.07, 6.45) is 0. The van der Waals surface area contributed by atoms with Crippen molar-refractivity contribution in [3.8, 4) is 0 Å². The van der Waals surface area contributed by atoms with E-state index in [9.17, 15) is 4.79 Å². The van der Waals surface area contributed by atoms with E-state index in [-0.39, 0.29) is 11.9 Å². The van der Waals surface area contributed by atoms with Crippen molar-refractivity contribution in [1.82, 2.24) is 5.32 Å². The quantitative estimate of drug-likeness (QED) is 0.840. The number of anilines is 1.